The summed E-state index contributed by atoms with van der Waals surface area (Å²) in [6, 6.07) is 7.44. The number of benzene rings is 1. The lowest BCUT2D eigenvalue weighted by molar-refractivity contribution is 0.460. The Morgan fingerprint density at radius 2 is 2.05 bits per heavy atom. The standard InChI is InChI=1S/C16H19N3OS/c1-16(2,12-3-5-14(20)6-4-12)11-17-9-13-10-18-15-19(13)7-8-21-15/h3-8,10,17,20H,9,11H2,1-2H3. The molecule has 21 heavy (non-hydrogen) atoms. The maximum atomic E-state index is 9.38. The number of aromatic hydroxyl groups is 1. The molecule has 0 saturated carbocycles. The smallest absolute Gasteiger partial charge is 0.193 e. The first kappa shape index (κ1) is 14.1. The van der Waals surface area contributed by atoms with Gasteiger partial charge in [0, 0.05) is 30.1 Å². The van der Waals surface area contributed by atoms with E-state index < -0.39 is 0 Å². The van der Waals surface area contributed by atoms with Gasteiger partial charge in [-0.05, 0) is 17.7 Å². The molecule has 0 unspecified atom stereocenters. The summed E-state index contributed by atoms with van der Waals surface area (Å²) >= 11 is 1.65. The molecule has 110 valence electrons. The summed E-state index contributed by atoms with van der Waals surface area (Å²) in [5.41, 5.74) is 2.39. The van der Waals surface area contributed by atoms with Crippen molar-refractivity contribution in [3.05, 3.63) is 53.3 Å². The summed E-state index contributed by atoms with van der Waals surface area (Å²) in [7, 11) is 0. The molecule has 0 aliphatic rings. The number of hydrogen-bond acceptors (Lipinski definition) is 4. The molecule has 2 N–H and O–H groups in total. The lowest BCUT2D eigenvalue weighted by atomic mass is 9.84. The molecule has 0 bridgehead atoms. The minimum atomic E-state index is 0.00610. The number of hydrogen-bond donors (Lipinski definition) is 2. The molecule has 0 spiro atoms. The van der Waals surface area contributed by atoms with Crippen LogP contribution in [0.3, 0.4) is 0 Å². The van der Waals surface area contributed by atoms with Gasteiger partial charge in [0.25, 0.3) is 0 Å². The van der Waals surface area contributed by atoms with Crippen LogP contribution in [0.15, 0.2) is 42.0 Å². The minimum Gasteiger partial charge on any atom is -0.508 e. The molecule has 4 nitrogen and oxygen atoms in total. The fourth-order valence-electron chi connectivity index (χ4n) is 2.42. The van der Waals surface area contributed by atoms with Crippen molar-refractivity contribution in [1.29, 1.82) is 0 Å². The maximum Gasteiger partial charge on any atom is 0.193 e. The van der Waals surface area contributed by atoms with Gasteiger partial charge < -0.3 is 10.4 Å². The minimum absolute atomic E-state index is 0.00610. The zero-order chi connectivity index (χ0) is 14.9. The van der Waals surface area contributed by atoms with E-state index in [1.165, 1.54) is 11.3 Å². The number of nitrogens with zero attached hydrogens (tertiary/aromatic N) is 2. The second-order valence-corrected chi connectivity index (χ2v) is 6.71. The Morgan fingerprint density at radius 1 is 1.29 bits per heavy atom. The predicted octanol–water partition coefficient (Wildman–Crippen LogP) is 3.17. The van der Waals surface area contributed by atoms with Crippen molar-refractivity contribution in [2.24, 2.45) is 0 Å². The molecule has 0 radical (unpaired) electrons. The lowest BCUT2D eigenvalue weighted by Gasteiger charge is -2.25. The number of fused-ring (bicyclic) bond motifs is 1. The van der Waals surface area contributed by atoms with Crippen LogP contribution in [-0.2, 0) is 12.0 Å². The second kappa shape index (κ2) is 5.50. The molecule has 2 aromatic heterocycles. The Bertz CT molecular complexity index is 727. The molecule has 0 fully saturated rings. The number of phenolic OH excluding ortho intramolecular Hbond substituents is 1. The van der Waals surface area contributed by atoms with Crippen LogP contribution in [0.25, 0.3) is 4.96 Å². The molecule has 2 heterocycles. The van der Waals surface area contributed by atoms with E-state index in [0.717, 1.165) is 18.1 Å². The summed E-state index contributed by atoms with van der Waals surface area (Å²) in [6.07, 6.45) is 3.97. The van der Waals surface area contributed by atoms with Gasteiger partial charge in [-0.2, -0.15) is 0 Å². The van der Waals surface area contributed by atoms with E-state index in [9.17, 15) is 5.11 Å². The van der Waals surface area contributed by atoms with Crippen molar-refractivity contribution in [3.63, 3.8) is 0 Å². The third kappa shape index (κ3) is 2.94. The second-order valence-electron chi connectivity index (χ2n) is 5.84. The van der Waals surface area contributed by atoms with Gasteiger partial charge in [0.1, 0.15) is 5.75 Å². The Labute approximate surface area is 128 Å². The van der Waals surface area contributed by atoms with E-state index in [1.807, 2.05) is 23.7 Å². The molecule has 0 aliphatic heterocycles. The van der Waals surface area contributed by atoms with Crippen LogP contribution in [0.2, 0.25) is 0 Å². The van der Waals surface area contributed by atoms with Crippen molar-refractivity contribution >= 4 is 16.3 Å². The molecule has 0 amide bonds. The summed E-state index contributed by atoms with van der Waals surface area (Å²) in [6.45, 7) is 6.04. The quantitative estimate of drug-likeness (QED) is 0.761. The number of imidazole rings is 1. The van der Waals surface area contributed by atoms with Gasteiger partial charge in [-0.1, -0.05) is 26.0 Å². The molecule has 0 aliphatic carbocycles. The van der Waals surface area contributed by atoms with E-state index in [2.05, 4.69) is 34.7 Å². The summed E-state index contributed by atoms with van der Waals surface area (Å²) in [4.78, 5) is 5.41. The fourth-order valence-corrected chi connectivity index (χ4v) is 3.13. The van der Waals surface area contributed by atoms with Gasteiger partial charge in [-0.15, -0.1) is 11.3 Å². The van der Waals surface area contributed by atoms with Crippen molar-refractivity contribution < 1.29 is 5.11 Å². The molecule has 0 saturated heterocycles. The highest BCUT2D eigenvalue weighted by Gasteiger charge is 2.20. The van der Waals surface area contributed by atoms with Gasteiger partial charge in [0.2, 0.25) is 0 Å². The van der Waals surface area contributed by atoms with Crippen LogP contribution < -0.4 is 5.32 Å². The van der Waals surface area contributed by atoms with Crippen LogP contribution in [0.5, 0.6) is 5.75 Å². The average molecular weight is 301 g/mol. The van der Waals surface area contributed by atoms with Crippen molar-refractivity contribution in [3.8, 4) is 5.75 Å². The third-order valence-electron chi connectivity index (χ3n) is 3.74. The molecule has 5 heteroatoms. The van der Waals surface area contributed by atoms with Gasteiger partial charge >= 0.3 is 0 Å². The predicted molar refractivity (Wildman–Crippen MR) is 85.9 cm³/mol. The van der Waals surface area contributed by atoms with E-state index in [-0.39, 0.29) is 5.41 Å². The van der Waals surface area contributed by atoms with E-state index in [1.54, 1.807) is 23.5 Å². The first-order valence-electron chi connectivity index (χ1n) is 6.96. The Hall–Kier alpha value is -1.85. The van der Waals surface area contributed by atoms with Crippen molar-refractivity contribution in [2.75, 3.05) is 6.54 Å². The van der Waals surface area contributed by atoms with Gasteiger partial charge in [-0.25, -0.2) is 4.98 Å². The molecular formula is C16H19N3OS. The van der Waals surface area contributed by atoms with Crippen LogP contribution in [0.1, 0.15) is 25.1 Å². The van der Waals surface area contributed by atoms with Crippen molar-refractivity contribution in [1.82, 2.24) is 14.7 Å². The summed E-state index contributed by atoms with van der Waals surface area (Å²) < 4.78 is 2.12. The van der Waals surface area contributed by atoms with Gasteiger partial charge in [0.05, 0.1) is 11.9 Å². The molecule has 3 aromatic rings. The van der Waals surface area contributed by atoms with Gasteiger partial charge in [-0.3, -0.25) is 4.40 Å². The summed E-state index contributed by atoms with van der Waals surface area (Å²) in [5, 5.41) is 14.9. The van der Waals surface area contributed by atoms with Crippen LogP contribution in [-0.4, -0.2) is 21.0 Å². The highest BCUT2D eigenvalue weighted by Crippen LogP contribution is 2.24. The lowest BCUT2D eigenvalue weighted by Crippen LogP contribution is -2.32. The molecule has 0 atom stereocenters. The Balaban J connectivity index is 1.64. The molecule has 1 aromatic carbocycles. The largest absolute Gasteiger partial charge is 0.508 e. The Kier molecular flexibility index (Phi) is 3.69. The zero-order valence-electron chi connectivity index (χ0n) is 12.2. The Morgan fingerprint density at radius 3 is 2.81 bits per heavy atom. The topological polar surface area (TPSA) is 49.6 Å². The first-order chi connectivity index (χ1) is 10.1. The highest BCUT2D eigenvalue weighted by atomic mass is 32.1. The number of nitrogens with one attached hydrogen (secondary N) is 1. The summed E-state index contributed by atoms with van der Waals surface area (Å²) in [5.74, 6) is 0.307. The number of phenols is 1. The third-order valence-corrected chi connectivity index (χ3v) is 4.52. The van der Waals surface area contributed by atoms with Gasteiger partial charge in [0.15, 0.2) is 4.96 Å². The zero-order valence-corrected chi connectivity index (χ0v) is 13.0. The molecular weight excluding hydrogens is 282 g/mol. The fraction of sp³-hybridized carbons (Fsp3) is 0.312. The maximum absolute atomic E-state index is 9.38. The normalized spacial score (nSPS) is 12.1. The van der Waals surface area contributed by atoms with Crippen LogP contribution in [0, 0.1) is 0 Å². The first-order valence-corrected chi connectivity index (χ1v) is 7.84. The van der Waals surface area contributed by atoms with Crippen LogP contribution in [0.4, 0.5) is 0 Å². The average Bonchev–Trinajstić information content (AvgIpc) is 3.04. The SMILES string of the molecule is CC(C)(CNCc1cnc2sccn12)c1ccc(O)cc1. The van der Waals surface area contributed by atoms with E-state index >= 15 is 0 Å². The van der Waals surface area contributed by atoms with E-state index in [4.69, 9.17) is 0 Å². The van der Waals surface area contributed by atoms with E-state index in [0.29, 0.717) is 5.75 Å². The number of rotatable bonds is 5. The van der Waals surface area contributed by atoms with Crippen LogP contribution >= 0.6 is 11.3 Å². The molecule has 3 rings (SSSR count). The number of aromatic nitrogens is 2. The van der Waals surface area contributed by atoms with Crippen molar-refractivity contribution in [2.45, 2.75) is 25.8 Å². The highest BCUT2D eigenvalue weighted by molar-refractivity contribution is 7.15. The monoisotopic (exact) mass is 301 g/mol. The number of thiazole rings is 1.